The number of nitrogens with one attached hydrogen (secondary N) is 2. The summed E-state index contributed by atoms with van der Waals surface area (Å²) in [6, 6.07) is 10.7. The van der Waals surface area contributed by atoms with E-state index in [4.69, 9.17) is 0 Å². The van der Waals surface area contributed by atoms with Gasteiger partial charge in [0.2, 0.25) is 0 Å². The average molecular weight is 356 g/mol. The second-order valence-electron chi connectivity index (χ2n) is 5.87. The number of carbonyl (C=O) groups is 2. The molecule has 2 amide bonds. The Balaban J connectivity index is 1.69. The highest BCUT2D eigenvalue weighted by molar-refractivity contribution is 6.39. The summed E-state index contributed by atoms with van der Waals surface area (Å²) < 4.78 is 16.1. The lowest BCUT2D eigenvalue weighted by atomic mass is 10.2. The lowest BCUT2D eigenvalue weighted by Gasteiger charge is -2.07. The molecule has 0 radical (unpaired) electrons. The van der Waals surface area contributed by atoms with Crippen molar-refractivity contribution >= 4 is 28.5 Å². The minimum absolute atomic E-state index is 0.0379. The van der Waals surface area contributed by atoms with E-state index in [2.05, 4.69) is 10.6 Å². The first-order chi connectivity index (χ1) is 12.4. The zero-order chi connectivity index (χ0) is 18.8. The Labute approximate surface area is 148 Å². The van der Waals surface area contributed by atoms with Gasteiger partial charge >= 0.3 is 17.5 Å². The maximum Gasteiger partial charge on any atom is 0.328 e. The van der Waals surface area contributed by atoms with Crippen molar-refractivity contribution in [3.05, 3.63) is 64.3 Å². The van der Waals surface area contributed by atoms with Crippen LogP contribution in [0.1, 0.15) is 5.56 Å². The van der Waals surface area contributed by atoms with Gasteiger partial charge in [-0.3, -0.25) is 18.7 Å². The number of carbonyl (C=O) groups excluding carboxylic acids is 2. The number of amides is 2. The molecule has 134 valence electrons. The summed E-state index contributed by atoms with van der Waals surface area (Å²) in [5.74, 6) is -2.10. The van der Waals surface area contributed by atoms with Gasteiger partial charge in [0.25, 0.3) is 0 Å². The molecular formula is C18H17FN4O3. The predicted molar refractivity (Wildman–Crippen MR) is 95.0 cm³/mol. The first kappa shape index (κ1) is 17.4. The van der Waals surface area contributed by atoms with Gasteiger partial charge in [-0.25, -0.2) is 9.18 Å². The third-order valence-electron chi connectivity index (χ3n) is 4.08. The number of hydrogen-bond acceptors (Lipinski definition) is 3. The maximum atomic E-state index is 13.1. The van der Waals surface area contributed by atoms with Crippen molar-refractivity contribution in [2.45, 2.75) is 6.54 Å². The smallest absolute Gasteiger partial charge is 0.328 e. The molecule has 1 heterocycles. The van der Waals surface area contributed by atoms with E-state index in [0.717, 1.165) is 0 Å². The minimum atomic E-state index is -0.846. The van der Waals surface area contributed by atoms with E-state index in [0.29, 0.717) is 22.3 Å². The van der Waals surface area contributed by atoms with Crippen LogP contribution in [0.3, 0.4) is 0 Å². The fourth-order valence-electron chi connectivity index (χ4n) is 2.68. The third kappa shape index (κ3) is 3.34. The van der Waals surface area contributed by atoms with Crippen molar-refractivity contribution in [2.75, 3.05) is 5.32 Å². The molecule has 8 heteroatoms. The normalized spacial score (nSPS) is 10.7. The van der Waals surface area contributed by atoms with Crippen LogP contribution >= 0.6 is 0 Å². The molecule has 2 N–H and O–H groups in total. The Kier molecular flexibility index (Phi) is 4.57. The average Bonchev–Trinajstić information content (AvgIpc) is 2.84. The SMILES string of the molecule is Cn1c(=O)n(C)c2cc(NC(=O)C(=O)NCc3cccc(F)c3)ccc21. The van der Waals surface area contributed by atoms with Crippen LogP contribution < -0.4 is 16.3 Å². The molecule has 0 spiro atoms. The molecule has 0 saturated carbocycles. The number of rotatable bonds is 3. The monoisotopic (exact) mass is 356 g/mol. The molecule has 0 bridgehead atoms. The van der Waals surface area contributed by atoms with Gasteiger partial charge in [-0.1, -0.05) is 12.1 Å². The summed E-state index contributed by atoms with van der Waals surface area (Å²) in [6.45, 7) is 0.0379. The van der Waals surface area contributed by atoms with Crippen LogP contribution in [0.4, 0.5) is 10.1 Å². The summed E-state index contributed by atoms with van der Waals surface area (Å²) in [5, 5.41) is 4.92. The Morgan fingerprint density at radius 2 is 1.73 bits per heavy atom. The van der Waals surface area contributed by atoms with Crippen LogP contribution in [0.15, 0.2) is 47.3 Å². The highest BCUT2D eigenvalue weighted by Crippen LogP contribution is 2.17. The molecule has 0 aliphatic heterocycles. The second kappa shape index (κ2) is 6.83. The zero-order valence-corrected chi connectivity index (χ0v) is 14.2. The Morgan fingerprint density at radius 3 is 2.46 bits per heavy atom. The highest BCUT2D eigenvalue weighted by atomic mass is 19.1. The van der Waals surface area contributed by atoms with Crippen molar-refractivity contribution in [1.82, 2.24) is 14.5 Å². The van der Waals surface area contributed by atoms with E-state index in [9.17, 15) is 18.8 Å². The first-order valence-electron chi connectivity index (χ1n) is 7.86. The first-order valence-corrected chi connectivity index (χ1v) is 7.86. The van der Waals surface area contributed by atoms with E-state index < -0.39 is 17.6 Å². The number of imidazole rings is 1. The molecule has 3 rings (SSSR count). The number of benzene rings is 2. The van der Waals surface area contributed by atoms with Gasteiger partial charge in [0, 0.05) is 26.3 Å². The molecule has 0 saturated heterocycles. The number of aryl methyl sites for hydroxylation is 2. The summed E-state index contributed by atoms with van der Waals surface area (Å²) >= 11 is 0. The van der Waals surface area contributed by atoms with Crippen molar-refractivity contribution < 1.29 is 14.0 Å². The van der Waals surface area contributed by atoms with Gasteiger partial charge in [-0.2, -0.15) is 0 Å². The molecule has 0 aliphatic rings. The molecule has 3 aromatic rings. The molecule has 0 atom stereocenters. The van der Waals surface area contributed by atoms with Gasteiger partial charge in [0.1, 0.15) is 5.82 Å². The molecule has 7 nitrogen and oxygen atoms in total. The molecule has 1 aromatic heterocycles. The molecule has 26 heavy (non-hydrogen) atoms. The maximum absolute atomic E-state index is 13.1. The van der Waals surface area contributed by atoms with Crippen molar-refractivity contribution in [1.29, 1.82) is 0 Å². The summed E-state index contributed by atoms with van der Waals surface area (Å²) in [4.78, 5) is 35.9. The van der Waals surface area contributed by atoms with E-state index in [-0.39, 0.29) is 12.2 Å². The molecule has 0 fully saturated rings. The number of fused-ring (bicyclic) bond motifs is 1. The van der Waals surface area contributed by atoms with Crippen LogP contribution in [-0.4, -0.2) is 20.9 Å². The number of nitrogens with zero attached hydrogens (tertiary/aromatic N) is 2. The lowest BCUT2D eigenvalue weighted by Crippen LogP contribution is -2.34. The second-order valence-corrected chi connectivity index (χ2v) is 5.87. The summed E-state index contributed by atoms with van der Waals surface area (Å²) in [7, 11) is 3.28. The molecule has 0 unspecified atom stereocenters. The molecule has 2 aromatic carbocycles. The Morgan fingerprint density at radius 1 is 1.00 bits per heavy atom. The van der Waals surface area contributed by atoms with Crippen LogP contribution in [0.2, 0.25) is 0 Å². The number of hydrogen-bond donors (Lipinski definition) is 2. The number of anilines is 1. The van der Waals surface area contributed by atoms with Crippen LogP contribution in [0, 0.1) is 5.82 Å². The predicted octanol–water partition coefficient (Wildman–Crippen LogP) is 1.27. The van der Waals surface area contributed by atoms with Crippen molar-refractivity contribution in [3.8, 4) is 0 Å². The van der Waals surface area contributed by atoms with Gasteiger partial charge in [-0.15, -0.1) is 0 Å². The van der Waals surface area contributed by atoms with Crippen LogP contribution in [0.25, 0.3) is 11.0 Å². The number of halogens is 1. The van der Waals surface area contributed by atoms with E-state index in [1.54, 1.807) is 38.4 Å². The van der Waals surface area contributed by atoms with E-state index in [1.807, 2.05) is 0 Å². The number of aromatic nitrogens is 2. The highest BCUT2D eigenvalue weighted by Gasteiger charge is 2.15. The standard InChI is InChI=1S/C18H17FN4O3/c1-22-14-7-6-13(9-15(14)23(2)18(22)26)21-17(25)16(24)20-10-11-4-3-5-12(19)8-11/h3-9H,10H2,1-2H3,(H,20,24)(H,21,25). The van der Waals surface area contributed by atoms with Crippen molar-refractivity contribution in [2.24, 2.45) is 14.1 Å². The summed E-state index contributed by atoms with van der Waals surface area (Å²) in [6.07, 6.45) is 0. The Bertz CT molecular complexity index is 1070. The Hall–Kier alpha value is -3.42. The lowest BCUT2D eigenvalue weighted by molar-refractivity contribution is -0.136. The van der Waals surface area contributed by atoms with Gasteiger partial charge in [0.15, 0.2) is 0 Å². The molecular weight excluding hydrogens is 339 g/mol. The minimum Gasteiger partial charge on any atom is -0.344 e. The van der Waals surface area contributed by atoms with Crippen LogP contribution in [-0.2, 0) is 30.2 Å². The van der Waals surface area contributed by atoms with Gasteiger partial charge < -0.3 is 10.6 Å². The third-order valence-corrected chi connectivity index (χ3v) is 4.08. The topological polar surface area (TPSA) is 85.1 Å². The van der Waals surface area contributed by atoms with Crippen molar-refractivity contribution in [3.63, 3.8) is 0 Å². The van der Waals surface area contributed by atoms with Gasteiger partial charge in [-0.05, 0) is 35.9 Å². The molecule has 0 aliphatic carbocycles. The van der Waals surface area contributed by atoms with E-state index >= 15 is 0 Å². The largest absolute Gasteiger partial charge is 0.344 e. The fraction of sp³-hybridized carbons (Fsp3) is 0.167. The quantitative estimate of drug-likeness (QED) is 0.693. The van der Waals surface area contributed by atoms with Gasteiger partial charge in [0.05, 0.1) is 11.0 Å². The zero-order valence-electron chi connectivity index (χ0n) is 14.2. The van der Waals surface area contributed by atoms with Crippen LogP contribution in [0.5, 0.6) is 0 Å². The van der Waals surface area contributed by atoms with E-state index in [1.165, 1.54) is 27.3 Å². The summed E-state index contributed by atoms with van der Waals surface area (Å²) in [5.41, 5.74) is 2.11. The fourth-order valence-corrected chi connectivity index (χ4v) is 2.68.